The summed E-state index contributed by atoms with van der Waals surface area (Å²) in [6.07, 6.45) is 2.48. The Morgan fingerprint density at radius 1 is 1.19 bits per heavy atom. The number of rotatable bonds is 3. The summed E-state index contributed by atoms with van der Waals surface area (Å²) < 4.78 is 5.12. The number of carbonyl (C=O) groups excluding carboxylic acids is 2. The smallest absolute Gasteiger partial charge is 0.228 e. The molecule has 1 unspecified atom stereocenters. The molecule has 0 spiro atoms. The summed E-state index contributed by atoms with van der Waals surface area (Å²) >= 11 is 0. The van der Waals surface area contributed by atoms with E-state index in [1.54, 1.807) is 12.0 Å². The molecule has 3 rings (SSSR count). The van der Waals surface area contributed by atoms with Crippen LogP contribution in [-0.4, -0.2) is 43.5 Å². The van der Waals surface area contributed by atoms with Crippen molar-refractivity contribution < 1.29 is 14.3 Å². The van der Waals surface area contributed by atoms with Crippen molar-refractivity contribution in [2.45, 2.75) is 19.3 Å². The molecule has 5 nitrogen and oxygen atoms in total. The molecule has 1 aromatic rings. The van der Waals surface area contributed by atoms with Gasteiger partial charge < -0.3 is 14.5 Å². The SMILES string of the molecule is COc1ccc(N2CC(C(=O)N3CCCC3)CC2=O)cc1. The Kier molecular flexibility index (Phi) is 3.82. The predicted molar refractivity (Wildman–Crippen MR) is 79.3 cm³/mol. The van der Waals surface area contributed by atoms with Crippen LogP contribution in [0.2, 0.25) is 0 Å². The van der Waals surface area contributed by atoms with Gasteiger partial charge in [-0.25, -0.2) is 0 Å². The lowest BCUT2D eigenvalue weighted by Gasteiger charge is -2.20. The van der Waals surface area contributed by atoms with Crippen LogP contribution in [0, 0.1) is 5.92 Å². The normalized spacial score (nSPS) is 22.0. The van der Waals surface area contributed by atoms with Gasteiger partial charge in [0, 0.05) is 31.7 Å². The highest BCUT2D eigenvalue weighted by atomic mass is 16.5. The summed E-state index contributed by atoms with van der Waals surface area (Å²) in [5.74, 6) is 0.724. The molecule has 2 heterocycles. The molecule has 0 saturated carbocycles. The zero-order chi connectivity index (χ0) is 14.8. The minimum atomic E-state index is -0.197. The number of nitrogens with zero attached hydrogens (tertiary/aromatic N) is 2. The number of hydrogen-bond donors (Lipinski definition) is 0. The fourth-order valence-electron chi connectivity index (χ4n) is 3.08. The highest BCUT2D eigenvalue weighted by molar-refractivity contribution is 6.00. The molecule has 112 valence electrons. The number of hydrogen-bond acceptors (Lipinski definition) is 3. The van der Waals surface area contributed by atoms with Crippen molar-refractivity contribution >= 4 is 17.5 Å². The number of ether oxygens (including phenoxy) is 1. The van der Waals surface area contributed by atoms with E-state index in [2.05, 4.69) is 0 Å². The zero-order valence-corrected chi connectivity index (χ0v) is 12.2. The fraction of sp³-hybridized carbons (Fsp3) is 0.500. The largest absolute Gasteiger partial charge is 0.497 e. The summed E-state index contributed by atoms with van der Waals surface area (Å²) in [5.41, 5.74) is 0.831. The summed E-state index contributed by atoms with van der Waals surface area (Å²) in [6.45, 7) is 2.17. The molecular weight excluding hydrogens is 268 g/mol. The van der Waals surface area contributed by atoms with E-state index in [4.69, 9.17) is 4.74 Å². The third-order valence-corrected chi connectivity index (χ3v) is 4.28. The minimum Gasteiger partial charge on any atom is -0.497 e. The van der Waals surface area contributed by atoms with E-state index < -0.39 is 0 Å². The van der Waals surface area contributed by atoms with Gasteiger partial charge in [0.05, 0.1) is 13.0 Å². The van der Waals surface area contributed by atoms with Crippen LogP contribution >= 0.6 is 0 Å². The first kappa shape index (κ1) is 13.9. The van der Waals surface area contributed by atoms with E-state index in [0.29, 0.717) is 13.0 Å². The lowest BCUT2D eigenvalue weighted by atomic mass is 10.1. The molecule has 1 aromatic carbocycles. The Hall–Kier alpha value is -2.04. The molecule has 2 aliphatic heterocycles. The van der Waals surface area contributed by atoms with Crippen molar-refractivity contribution in [3.05, 3.63) is 24.3 Å². The van der Waals surface area contributed by atoms with E-state index in [1.807, 2.05) is 29.2 Å². The van der Waals surface area contributed by atoms with Gasteiger partial charge in [0.15, 0.2) is 0 Å². The second kappa shape index (κ2) is 5.76. The maximum absolute atomic E-state index is 12.4. The van der Waals surface area contributed by atoms with Crippen LogP contribution in [0.3, 0.4) is 0 Å². The number of anilines is 1. The Bertz CT molecular complexity index is 535. The number of methoxy groups -OCH3 is 1. The molecule has 2 fully saturated rings. The van der Waals surface area contributed by atoms with Crippen molar-refractivity contribution in [2.24, 2.45) is 5.92 Å². The standard InChI is InChI=1S/C16H20N2O3/c1-21-14-6-4-13(5-7-14)18-11-12(10-15(18)19)16(20)17-8-2-3-9-17/h4-7,12H,2-3,8-11H2,1H3. The first-order valence-electron chi connectivity index (χ1n) is 7.42. The number of carbonyl (C=O) groups is 2. The predicted octanol–water partition coefficient (Wildman–Crippen LogP) is 1.67. The van der Waals surface area contributed by atoms with Crippen molar-refractivity contribution in [3.8, 4) is 5.75 Å². The second-order valence-electron chi connectivity index (χ2n) is 5.64. The van der Waals surface area contributed by atoms with Gasteiger partial charge in [0.1, 0.15) is 5.75 Å². The zero-order valence-electron chi connectivity index (χ0n) is 12.2. The maximum atomic E-state index is 12.4. The van der Waals surface area contributed by atoms with E-state index in [0.717, 1.165) is 37.4 Å². The van der Waals surface area contributed by atoms with Gasteiger partial charge in [-0.3, -0.25) is 9.59 Å². The Balaban J connectivity index is 1.70. The average molecular weight is 288 g/mol. The maximum Gasteiger partial charge on any atom is 0.228 e. The van der Waals surface area contributed by atoms with Crippen LogP contribution in [0.5, 0.6) is 5.75 Å². The summed E-state index contributed by atoms with van der Waals surface area (Å²) in [6, 6.07) is 7.38. The number of amides is 2. The monoisotopic (exact) mass is 288 g/mol. The third kappa shape index (κ3) is 2.73. The van der Waals surface area contributed by atoms with Crippen LogP contribution < -0.4 is 9.64 Å². The molecule has 0 aliphatic carbocycles. The topological polar surface area (TPSA) is 49.9 Å². The van der Waals surface area contributed by atoms with Crippen molar-refractivity contribution in [3.63, 3.8) is 0 Å². The Labute approximate surface area is 124 Å². The van der Waals surface area contributed by atoms with Gasteiger partial charge in [-0.05, 0) is 37.1 Å². The molecule has 21 heavy (non-hydrogen) atoms. The molecule has 2 saturated heterocycles. The molecule has 0 aromatic heterocycles. The molecule has 0 bridgehead atoms. The quantitative estimate of drug-likeness (QED) is 0.850. The number of benzene rings is 1. The Morgan fingerprint density at radius 3 is 2.48 bits per heavy atom. The number of likely N-dealkylation sites (tertiary alicyclic amines) is 1. The van der Waals surface area contributed by atoms with Crippen LogP contribution in [0.25, 0.3) is 0 Å². The molecule has 2 aliphatic rings. The third-order valence-electron chi connectivity index (χ3n) is 4.28. The van der Waals surface area contributed by atoms with Crippen LogP contribution in [0.4, 0.5) is 5.69 Å². The summed E-state index contributed by atoms with van der Waals surface area (Å²) in [7, 11) is 1.61. The lowest BCUT2D eigenvalue weighted by molar-refractivity contribution is -0.134. The average Bonchev–Trinajstić information content (AvgIpc) is 3.16. The first-order chi connectivity index (χ1) is 10.2. The van der Waals surface area contributed by atoms with E-state index in [9.17, 15) is 9.59 Å². The highest BCUT2D eigenvalue weighted by Gasteiger charge is 2.37. The molecule has 5 heteroatoms. The van der Waals surface area contributed by atoms with E-state index >= 15 is 0 Å². The molecule has 1 atom stereocenters. The van der Waals surface area contributed by atoms with Crippen molar-refractivity contribution in [2.75, 3.05) is 31.6 Å². The molecule has 2 amide bonds. The van der Waals surface area contributed by atoms with Crippen molar-refractivity contribution in [1.29, 1.82) is 0 Å². The minimum absolute atomic E-state index is 0.0257. The molecule has 0 N–H and O–H groups in total. The van der Waals surface area contributed by atoms with Gasteiger partial charge in [0.2, 0.25) is 11.8 Å². The van der Waals surface area contributed by atoms with Gasteiger partial charge in [0.25, 0.3) is 0 Å². The van der Waals surface area contributed by atoms with Crippen LogP contribution in [0.15, 0.2) is 24.3 Å². The lowest BCUT2D eigenvalue weighted by Crippen LogP contribution is -2.35. The van der Waals surface area contributed by atoms with E-state index in [1.165, 1.54) is 0 Å². The van der Waals surface area contributed by atoms with Gasteiger partial charge in [-0.2, -0.15) is 0 Å². The fourth-order valence-corrected chi connectivity index (χ4v) is 3.08. The van der Waals surface area contributed by atoms with Gasteiger partial charge in [-0.1, -0.05) is 0 Å². The first-order valence-corrected chi connectivity index (χ1v) is 7.42. The van der Waals surface area contributed by atoms with Gasteiger partial charge in [-0.15, -0.1) is 0 Å². The van der Waals surface area contributed by atoms with E-state index in [-0.39, 0.29) is 17.7 Å². The Morgan fingerprint density at radius 2 is 1.86 bits per heavy atom. The highest BCUT2D eigenvalue weighted by Crippen LogP contribution is 2.28. The van der Waals surface area contributed by atoms with Gasteiger partial charge >= 0.3 is 0 Å². The second-order valence-corrected chi connectivity index (χ2v) is 5.64. The molecule has 0 radical (unpaired) electrons. The summed E-state index contributed by atoms with van der Waals surface area (Å²) in [4.78, 5) is 28.2. The van der Waals surface area contributed by atoms with Crippen LogP contribution in [-0.2, 0) is 9.59 Å². The van der Waals surface area contributed by atoms with Crippen LogP contribution in [0.1, 0.15) is 19.3 Å². The summed E-state index contributed by atoms with van der Waals surface area (Å²) in [5, 5.41) is 0. The van der Waals surface area contributed by atoms with Crippen molar-refractivity contribution in [1.82, 2.24) is 4.90 Å². The molecular formula is C16H20N2O3.